The molecule has 0 radical (unpaired) electrons. The fourth-order valence-electron chi connectivity index (χ4n) is 3.51. The van der Waals surface area contributed by atoms with Gasteiger partial charge in [0.2, 0.25) is 5.91 Å². The summed E-state index contributed by atoms with van der Waals surface area (Å²) >= 11 is 1.63. The molecule has 1 fully saturated rings. The van der Waals surface area contributed by atoms with Crippen LogP contribution in [0.1, 0.15) is 36.0 Å². The Balaban J connectivity index is 1.44. The van der Waals surface area contributed by atoms with Gasteiger partial charge in [0.25, 0.3) is 0 Å². The summed E-state index contributed by atoms with van der Waals surface area (Å²) in [4.78, 5) is 18.7. The zero-order valence-electron chi connectivity index (χ0n) is 14.8. The molecule has 3 aromatic heterocycles. The van der Waals surface area contributed by atoms with Gasteiger partial charge in [-0.2, -0.15) is 11.3 Å². The molecule has 0 unspecified atom stereocenters. The molecule has 1 saturated heterocycles. The molecule has 0 aromatic carbocycles. The molecule has 1 aliphatic rings. The van der Waals surface area contributed by atoms with Gasteiger partial charge in [-0.25, -0.2) is 4.98 Å². The third-order valence-electron chi connectivity index (χ3n) is 4.96. The number of aromatic nitrogens is 5. The van der Waals surface area contributed by atoms with Crippen LogP contribution in [0.3, 0.4) is 0 Å². The van der Waals surface area contributed by atoms with Crippen LogP contribution in [0, 0.1) is 0 Å². The second-order valence-corrected chi connectivity index (χ2v) is 7.54. The van der Waals surface area contributed by atoms with E-state index in [4.69, 9.17) is 0 Å². The van der Waals surface area contributed by atoms with Crippen molar-refractivity contribution in [3.05, 3.63) is 52.8 Å². The van der Waals surface area contributed by atoms with Gasteiger partial charge >= 0.3 is 0 Å². The fraction of sp³-hybridized carbons (Fsp3) is 0.444. The van der Waals surface area contributed by atoms with Crippen molar-refractivity contribution in [3.8, 4) is 0 Å². The van der Waals surface area contributed by atoms with Crippen molar-refractivity contribution in [2.24, 2.45) is 7.05 Å². The molecule has 1 aliphatic heterocycles. The second kappa shape index (κ2) is 7.41. The minimum absolute atomic E-state index is 0.203. The van der Waals surface area contributed by atoms with E-state index in [1.165, 1.54) is 0 Å². The van der Waals surface area contributed by atoms with E-state index in [1.54, 1.807) is 23.9 Å². The smallest absolute Gasteiger partial charge is 0.227 e. The van der Waals surface area contributed by atoms with Crippen molar-refractivity contribution in [3.63, 3.8) is 0 Å². The summed E-state index contributed by atoms with van der Waals surface area (Å²) in [6.07, 6.45) is 7.99. The molecular weight excluding hydrogens is 348 g/mol. The highest BCUT2D eigenvalue weighted by Crippen LogP contribution is 2.26. The van der Waals surface area contributed by atoms with Crippen molar-refractivity contribution >= 4 is 17.2 Å². The van der Waals surface area contributed by atoms with Crippen LogP contribution in [0.2, 0.25) is 0 Å². The number of hydrogen-bond acceptors (Lipinski definition) is 5. The summed E-state index contributed by atoms with van der Waals surface area (Å²) in [5.74, 6) is 2.31. The van der Waals surface area contributed by atoms with E-state index in [0.29, 0.717) is 13.0 Å². The summed E-state index contributed by atoms with van der Waals surface area (Å²) < 4.78 is 4.04. The quantitative estimate of drug-likeness (QED) is 0.689. The van der Waals surface area contributed by atoms with E-state index in [0.717, 1.165) is 43.1 Å². The maximum absolute atomic E-state index is 12.6. The molecule has 7 nitrogen and oxygen atoms in total. The van der Waals surface area contributed by atoms with E-state index in [-0.39, 0.29) is 11.8 Å². The Morgan fingerprint density at radius 3 is 3.08 bits per heavy atom. The van der Waals surface area contributed by atoms with Crippen LogP contribution in [0.15, 0.2) is 35.5 Å². The number of piperidine rings is 1. The molecule has 0 N–H and O–H groups in total. The summed E-state index contributed by atoms with van der Waals surface area (Å²) in [6.45, 7) is 2.20. The molecular formula is C18H22N6OS. The Bertz CT molecular complexity index is 855. The summed E-state index contributed by atoms with van der Waals surface area (Å²) in [5.41, 5.74) is 1.10. The largest absolute Gasteiger partial charge is 0.342 e. The normalized spacial score (nSPS) is 17.6. The first kappa shape index (κ1) is 17.0. The molecule has 1 amide bonds. The summed E-state index contributed by atoms with van der Waals surface area (Å²) in [7, 11) is 2.01. The molecule has 0 bridgehead atoms. The minimum Gasteiger partial charge on any atom is -0.342 e. The van der Waals surface area contributed by atoms with Gasteiger partial charge in [-0.05, 0) is 35.2 Å². The molecule has 136 valence electrons. The lowest BCUT2D eigenvalue weighted by Gasteiger charge is -2.32. The van der Waals surface area contributed by atoms with E-state index in [1.807, 2.05) is 39.5 Å². The lowest BCUT2D eigenvalue weighted by molar-refractivity contribution is -0.131. The van der Waals surface area contributed by atoms with Gasteiger partial charge in [-0.15, -0.1) is 10.2 Å². The van der Waals surface area contributed by atoms with Crippen molar-refractivity contribution in [2.45, 2.75) is 31.7 Å². The van der Waals surface area contributed by atoms with Crippen LogP contribution >= 0.6 is 11.3 Å². The molecule has 4 rings (SSSR count). The number of nitrogens with zero attached hydrogens (tertiary/aromatic N) is 6. The highest BCUT2D eigenvalue weighted by molar-refractivity contribution is 7.08. The van der Waals surface area contributed by atoms with Crippen LogP contribution in [0.5, 0.6) is 0 Å². The summed E-state index contributed by atoms with van der Waals surface area (Å²) in [5, 5.41) is 12.9. The van der Waals surface area contributed by atoms with Crippen molar-refractivity contribution < 1.29 is 4.79 Å². The number of likely N-dealkylation sites (tertiary alicyclic amines) is 1. The average molecular weight is 370 g/mol. The molecule has 1 atom stereocenters. The molecule has 26 heavy (non-hydrogen) atoms. The van der Waals surface area contributed by atoms with E-state index < -0.39 is 0 Å². The first-order valence-electron chi connectivity index (χ1n) is 8.83. The first-order valence-corrected chi connectivity index (χ1v) is 9.77. The molecule has 8 heteroatoms. The van der Waals surface area contributed by atoms with Crippen LogP contribution in [0.25, 0.3) is 0 Å². The maximum atomic E-state index is 12.6. The number of carbonyl (C=O) groups excluding carboxylic acids is 1. The fourth-order valence-corrected chi connectivity index (χ4v) is 4.17. The predicted molar refractivity (Wildman–Crippen MR) is 98.9 cm³/mol. The van der Waals surface area contributed by atoms with Gasteiger partial charge in [0.05, 0.1) is 19.3 Å². The maximum Gasteiger partial charge on any atom is 0.227 e. The number of rotatable bonds is 5. The zero-order chi connectivity index (χ0) is 17.9. The van der Waals surface area contributed by atoms with Gasteiger partial charge in [-0.3, -0.25) is 4.79 Å². The minimum atomic E-state index is 0.203. The first-order chi connectivity index (χ1) is 12.7. The number of carbonyl (C=O) groups is 1. The van der Waals surface area contributed by atoms with Crippen LogP contribution in [-0.4, -0.2) is 48.2 Å². The Morgan fingerprint density at radius 2 is 2.31 bits per heavy atom. The lowest BCUT2D eigenvalue weighted by atomic mass is 9.96. The van der Waals surface area contributed by atoms with Gasteiger partial charge in [0, 0.05) is 38.4 Å². The number of hydrogen-bond donors (Lipinski definition) is 0. The Kier molecular flexibility index (Phi) is 4.83. The molecule has 0 spiro atoms. The predicted octanol–water partition coefficient (Wildman–Crippen LogP) is 2.07. The SMILES string of the molecule is Cn1c(Cn2ccnc2)nnc1[C@H]1CCCN(C(=O)Cc2ccsc2)C1. The highest BCUT2D eigenvalue weighted by Gasteiger charge is 2.28. The third kappa shape index (κ3) is 3.55. The molecule has 0 saturated carbocycles. The Hall–Kier alpha value is -2.48. The van der Waals surface area contributed by atoms with Gasteiger partial charge in [0.15, 0.2) is 5.82 Å². The lowest BCUT2D eigenvalue weighted by Crippen LogP contribution is -2.40. The van der Waals surface area contributed by atoms with Crippen molar-refractivity contribution in [1.82, 2.24) is 29.2 Å². The van der Waals surface area contributed by atoms with E-state index in [2.05, 4.69) is 19.7 Å². The third-order valence-corrected chi connectivity index (χ3v) is 5.69. The van der Waals surface area contributed by atoms with Crippen molar-refractivity contribution in [1.29, 1.82) is 0 Å². The highest BCUT2D eigenvalue weighted by atomic mass is 32.1. The van der Waals surface area contributed by atoms with Crippen molar-refractivity contribution in [2.75, 3.05) is 13.1 Å². The zero-order valence-corrected chi connectivity index (χ0v) is 15.6. The van der Waals surface area contributed by atoms with Crippen LogP contribution in [0.4, 0.5) is 0 Å². The van der Waals surface area contributed by atoms with Crippen LogP contribution in [-0.2, 0) is 24.8 Å². The second-order valence-electron chi connectivity index (χ2n) is 6.76. The Morgan fingerprint density at radius 1 is 1.38 bits per heavy atom. The monoisotopic (exact) mass is 370 g/mol. The number of imidazole rings is 1. The topological polar surface area (TPSA) is 68.8 Å². The summed E-state index contributed by atoms with van der Waals surface area (Å²) in [6, 6.07) is 2.02. The van der Waals surface area contributed by atoms with Crippen LogP contribution < -0.4 is 0 Å². The van der Waals surface area contributed by atoms with Gasteiger partial charge in [0.1, 0.15) is 5.82 Å². The standard InChI is InChI=1S/C18H22N6OS/c1-22-16(11-23-7-5-19-13-23)20-21-18(22)15-3-2-6-24(10-15)17(25)9-14-4-8-26-12-14/h4-5,7-8,12-13,15H,2-3,6,9-11H2,1H3/t15-/m0/s1. The van der Waals surface area contributed by atoms with Gasteiger partial charge in [-0.1, -0.05) is 0 Å². The van der Waals surface area contributed by atoms with E-state index in [9.17, 15) is 4.79 Å². The molecule has 4 heterocycles. The van der Waals surface area contributed by atoms with E-state index >= 15 is 0 Å². The average Bonchev–Trinajstić information content (AvgIpc) is 3.40. The number of amides is 1. The van der Waals surface area contributed by atoms with Gasteiger partial charge < -0.3 is 14.0 Å². The molecule has 3 aromatic rings. The Labute approximate surface area is 156 Å². The number of thiophene rings is 1. The molecule has 0 aliphatic carbocycles.